The predicted molar refractivity (Wildman–Crippen MR) is 134 cm³/mol. The normalized spacial score (nSPS) is 23.3. The molecular weight excluding hydrogens is 426 g/mol. The summed E-state index contributed by atoms with van der Waals surface area (Å²) in [5.74, 6) is 2.46. The van der Waals surface area contributed by atoms with E-state index >= 15 is 0 Å². The lowest BCUT2D eigenvalue weighted by molar-refractivity contribution is 0.109. The Morgan fingerprint density at radius 2 is 1.94 bits per heavy atom. The SMILES string of the molecule is Cc1nc2c(s1)CCC2c1nc2cc(C[C@@H]3CC[C@H]([C@H](O)c4ccccc4)C3)ccc2n1C. The topological polar surface area (TPSA) is 50.9 Å². The minimum atomic E-state index is -0.345. The molecule has 2 aliphatic rings. The molecule has 0 saturated heterocycles. The minimum absolute atomic E-state index is 0.320. The van der Waals surface area contributed by atoms with Crippen molar-refractivity contribution in [3.05, 3.63) is 81.1 Å². The van der Waals surface area contributed by atoms with Crippen LogP contribution in [0.15, 0.2) is 48.5 Å². The Kier molecular flexibility index (Phi) is 5.34. The fourth-order valence-electron chi connectivity index (χ4n) is 6.14. The standard InChI is InChI=1S/C28H31N3OS/c1-17-29-26-22(11-13-25(26)33-17)28-30-23-16-19(9-12-24(23)31(28)2)14-18-8-10-21(15-18)27(32)20-6-4-3-5-7-20/h3-7,9,12,16,18,21-22,27,32H,8,10-11,13-15H2,1-2H3/t18-,21-,22?,27+/m0/s1. The quantitative estimate of drug-likeness (QED) is 0.393. The van der Waals surface area contributed by atoms with E-state index in [1.165, 1.54) is 28.1 Å². The van der Waals surface area contributed by atoms with Crippen LogP contribution in [0.2, 0.25) is 0 Å². The third-order valence-corrected chi connectivity index (χ3v) is 8.86. The second kappa shape index (κ2) is 8.37. The smallest absolute Gasteiger partial charge is 0.118 e. The molecule has 4 atom stereocenters. The van der Waals surface area contributed by atoms with Gasteiger partial charge in [-0.05, 0) is 80.5 Å². The Morgan fingerprint density at radius 1 is 1.09 bits per heavy atom. The van der Waals surface area contributed by atoms with Crippen LogP contribution >= 0.6 is 11.3 Å². The Bertz CT molecular complexity index is 1290. The van der Waals surface area contributed by atoms with Gasteiger partial charge in [-0.25, -0.2) is 9.97 Å². The number of aliphatic hydroxyl groups excluding tert-OH is 1. The first-order valence-corrected chi connectivity index (χ1v) is 13.0. The largest absolute Gasteiger partial charge is 0.388 e. The molecule has 6 rings (SSSR count). The van der Waals surface area contributed by atoms with Gasteiger partial charge in [0.05, 0.1) is 33.8 Å². The van der Waals surface area contributed by atoms with E-state index in [2.05, 4.69) is 36.7 Å². The maximum Gasteiger partial charge on any atom is 0.118 e. The van der Waals surface area contributed by atoms with Gasteiger partial charge >= 0.3 is 0 Å². The van der Waals surface area contributed by atoms with E-state index < -0.39 is 0 Å². The first kappa shape index (κ1) is 21.1. The molecule has 4 aromatic rings. The van der Waals surface area contributed by atoms with E-state index in [0.29, 0.717) is 17.8 Å². The molecule has 1 unspecified atom stereocenters. The van der Waals surface area contributed by atoms with Crippen molar-refractivity contribution in [2.24, 2.45) is 18.9 Å². The molecule has 1 fully saturated rings. The number of imidazole rings is 1. The van der Waals surface area contributed by atoms with Gasteiger partial charge in [0.25, 0.3) is 0 Å². The van der Waals surface area contributed by atoms with Crippen molar-refractivity contribution < 1.29 is 5.11 Å². The van der Waals surface area contributed by atoms with Crippen LogP contribution in [0.4, 0.5) is 0 Å². The second-order valence-electron chi connectivity index (χ2n) is 9.98. The Hall–Kier alpha value is -2.50. The van der Waals surface area contributed by atoms with Crippen molar-refractivity contribution in [1.29, 1.82) is 0 Å². The molecule has 2 aromatic heterocycles. The Balaban J connectivity index is 1.19. The van der Waals surface area contributed by atoms with Crippen LogP contribution in [0.5, 0.6) is 0 Å². The molecule has 2 heterocycles. The number of nitrogens with zero attached hydrogens (tertiary/aromatic N) is 3. The lowest BCUT2D eigenvalue weighted by atomic mass is 9.91. The molecule has 0 amide bonds. The Labute approximate surface area is 199 Å². The van der Waals surface area contributed by atoms with Crippen LogP contribution in [0.3, 0.4) is 0 Å². The summed E-state index contributed by atoms with van der Waals surface area (Å²) in [4.78, 5) is 11.4. The zero-order chi connectivity index (χ0) is 22.5. The monoisotopic (exact) mass is 457 g/mol. The van der Waals surface area contributed by atoms with Crippen molar-refractivity contribution in [2.75, 3.05) is 0 Å². The zero-order valence-corrected chi connectivity index (χ0v) is 20.2. The molecule has 2 aliphatic carbocycles. The molecule has 0 aliphatic heterocycles. The summed E-state index contributed by atoms with van der Waals surface area (Å²) in [5, 5.41) is 12.0. The van der Waals surface area contributed by atoms with Crippen LogP contribution in [-0.2, 0) is 19.9 Å². The average molecular weight is 458 g/mol. The van der Waals surface area contributed by atoms with Crippen LogP contribution < -0.4 is 0 Å². The van der Waals surface area contributed by atoms with E-state index in [4.69, 9.17) is 9.97 Å². The Morgan fingerprint density at radius 3 is 2.79 bits per heavy atom. The summed E-state index contributed by atoms with van der Waals surface area (Å²) in [6.45, 7) is 2.10. The van der Waals surface area contributed by atoms with Crippen molar-refractivity contribution in [2.45, 2.75) is 57.5 Å². The maximum atomic E-state index is 10.8. The molecule has 33 heavy (non-hydrogen) atoms. The summed E-state index contributed by atoms with van der Waals surface area (Å²) in [5.41, 5.74) is 5.98. The zero-order valence-electron chi connectivity index (χ0n) is 19.4. The predicted octanol–water partition coefficient (Wildman–Crippen LogP) is 6.11. The van der Waals surface area contributed by atoms with E-state index in [-0.39, 0.29) is 6.10 Å². The van der Waals surface area contributed by atoms with Gasteiger partial charge in [-0.3, -0.25) is 0 Å². The van der Waals surface area contributed by atoms with Crippen LogP contribution in [0, 0.1) is 18.8 Å². The molecule has 0 radical (unpaired) electrons. The molecule has 4 nitrogen and oxygen atoms in total. The first-order valence-electron chi connectivity index (χ1n) is 12.2. The van der Waals surface area contributed by atoms with Gasteiger partial charge in [-0.15, -0.1) is 11.3 Å². The van der Waals surface area contributed by atoms with Gasteiger partial charge in [0.1, 0.15) is 5.82 Å². The fourth-order valence-corrected chi connectivity index (χ4v) is 7.16. The van der Waals surface area contributed by atoms with Gasteiger partial charge in [-0.2, -0.15) is 0 Å². The van der Waals surface area contributed by atoms with Gasteiger partial charge in [0.15, 0.2) is 0 Å². The number of aryl methyl sites for hydroxylation is 3. The van der Waals surface area contributed by atoms with Gasteiger partial charge in [-0.1, -0.05) is 36.4 Å². The highest BCUT2D eigenvalue weighted by Crippen LogP contribution is 2.42. The lowest BCUT2D eigenvalue weighted by Gasteiger charge is -2.18. The van der Waals surface area contributed by atoms with Crippen LogP contribution in [0.1, 0.15) is 70.2 Å². The summed E-state index contributed by atoms with van der Waals surface area (Å²) in [6, 6.07) is 17.0. The number of benzene rings is 2. The molecule has 0 bridgehead atoms. The minimum Gasteiger partial charge on any atom is -0.388 e. The van der Waals surface area contributed by atoms with Crippen molar-refractivity contribution in [3.63, 3.8) is 0 Å². The van der Waals surface area contributed by atoms with Gasteiger partial charge < -0.3 is 9.67 Å². The molecule has 1 saturated carbocycles. The molecule has 0 spiro atoms. The highest BCUT2D eigenvalue weighted by atomic mass is 32.1. The number of thiazole rings is 1. The average Bonchev–Trinajstić information content (AvgIpc) is 3.58. The molecule has 170 valence electrons. The number of hydrogen-bond donors (Lipinski definition) is 1. The molecular formula is C28H31N3OS. The van der Waals surface area contributed by atoms with Crippen molar-refractivity contribution >= 4 is 22.4 Å². The third-order valence-electron chi connectivity index (χ3n) is 7.81. The van der Waals surface area contributed by atoms with Gasteiger partial charge in [0.2, 0.25) is 0 Å². The van der Waals surface area contributed by atoms with Gasteiger partial charge in [0, 0.05) is 11.9 Å². The summed E-state index contributed by atoms with van der Waals surface area (Å²) >= 11 is 1.84. The number of aliphatic hydroxyl groups is 1. The van der Waals surface area contributed by atoms with E-state index in [1.54, 1.807) is 0 Å². The van der Waals surface area contributed by atoms with E-state index in [0.717, 1.165) is 54.0 Å². The van der Waals surface area contributed by atoms with Crippen LogP contribution in [0.25, 0.3) is 11.0 Å². The number of hydrogen-bond acceptors (Lipinski definition) is 4. The highest BCUT2D eigenvalue weighted by molar-refractivity contribution is 7.11. The third kappa shape index (κ3) is 3.81. The van der Waals surface area contributed by atoms with E-state index in [1.807, 2.05) is 41.7 Å². The van der Waals surface area contributed by atoms with Crippen molar-refractivity contribution in [3.8, 4) is 0 Å². The number of fused-ring (bicyclic) bond motifs is 2. The van der Waals surface area contributed by atoms with Crippen molar-refractivity contribution in [1.82, 2.24) is 14.5 Å². The second-order valence-corrected chi connectivity index (χ2v) is 11.3. The summed E-state index contributed by atoms with van der Waals surface area (Å²) in [6.07, 6.45) is 6.35. The highest BCUT2D eigenvalue weighted by Gasteiger charge is 2.32. The maximum absolute atomic E-state index is 10.8. The molecule has 1 N–H and O–H groups in total. The molecule has 2 aromatic carbocycles. The number of aromatic nitrogens is 3. The number of rotatable bonds is 5. The summed E-state index contributed by atoms with van der Waals surface area (Å²) in [7, 11) is 2.15. The van der Waals surface area contributed by atoms with Crippen LogP contribution in [-0.4, -0.2) is 19.6 Å². The molecule has 5 heteroatoms. The summed E-state index contributed by atoms with van der Waals surface area (Å²) < 4.78 is 2.27. The fraction of sp³-hybridized carbons (Fsp3) is 0.429. The van der Waals surface area contributed by atoms with E-state index in [9.17, 15) is 5.11 Å². The first-order chi connectivity index (χ1) is 16.1. The lowest BCUT2D eigenvalue weighted by Crippen LogP contribution is -2.10.